The molecule has 3 rings (SSSR count). The topological polar surface area (TPSA) is 95.9 Å². The number of fused-ring (bicyclic) bond motifs is 1. The molecule has 2 N–H and O–H groups in total. The lowest BCUT2D eigenvalue weighted by Gasteiger charge is -2.06. The molecule has 0 spiro atoms. The molecule has 118 valence electrons. The monoisotopic (exact) mass is 311 g/mol. The van der Waals surface area contributed by atoms with Crippen LogP contribution in [0.1, 0.15) is 12.0 Å². The number of ether oxygens (including phenoxy) is 1. The lowest BCUT2D eigenvalue weighted by molar-refractivity contribution is -0.142. The van der Waals surface area contributed by atoms with E-state index in [0.29, 0.717) is 43.0 Å². The highest BCUT2D eigenvalue weighted by molar-refractivity contribution is 5.81. The molecule has 0 aliphatic heterocycles. The Morgan fingerprint density at radius 2 is 2.00 bits per heavy atom. The summed E-state index contributed by atoms with van der Waals surface area (Å²) in [5.74, 6) is 0.140. The number of hydrogen-bond acceptors (Lipinski definition) is 6. The van der Waals surface area contributed by atoms with Crippen molar-refractivity contribution in [2.24, 2.45) is 0 Å². The van der Waals surface area contributed by atoms with Crippen molar-refractivity contribution in [3.8, 4) is 0 Å². The van der Waals surface area contributed by atoms with Gasteiger partial charge in [0.15, 0.2) is 11.5 Å². The Hall–Kier alpha value is -2.96. The molecule has 0 fully saturated rings. The molecule has 7 heteroatoms. The molecule has 0 saturated carbocycles. The number of carbonyl (C=O) groups excluding carboxylic acids is 1. The van der Waals surface area contributed by atoms with Gasteiger partial charge < -0.3 is 15.0 Å². The first kappa shape index (κ1) is 15.0. The van der Waals surface area contributed by atoms with Crippen molar-refractivity contribution in [1.82, 2.24) is 19.5 Å². The molecule has 7 nitrogen and oxygen atoms in total. The first-order valence-corrected chi connectivity index (χ1v) is 7.35. The number of imidazole rings is 1. The minimum atomic E-state index is -0.224. The van der Waals surface area contributed by atoms with Crippen LogP contribution in [0.2, 0.25) is 0 Å². The van der Waals surface area contributed by atoms with Crippen molar-refractivity contribution < 1.29 is 9.53 Å². The van der Waals surface area contributed by atoms with Gasteiger partial charge in [0.1, 0.15) is 11.8 Å². The standard InChI is InChI=1S/C16H17N5O2/c17-15-14-16(19-10-18-15)21(11-20-14)7-4-8-23-13(22)9-12-5-2-1-3-6-12/h1-3,5-6,10-11H,4,7-9H2,(H2,17,18,19). The number of benzene rings is 1. The number of aromatic nitrogens is 4. The Kier molecular flexibility index (Phi) is 4.46. The van der Waals surface area contributed by atoms with Gasteiger partial charge in [0.05, 0.1) is 19.4 Å². The van der Waals surface area contributed by atoms with E-state index in [1.54, 1.807) is 6.33 Å². The first-order chi connectivity index (χ1) is 11.2. The highest BCUT2D eigenvalue weighted by Gasteiger charge is 2.08. The summed E-state index contributed by atoms with van der Waals surface area (Å²) < 4.78 is 7.12. The summed E-state index contributed by atoms with van der Waals surface area (Å²) in [6.07, 6.45) is 4.05. The van der Waals surface area contributed by atoms with Crippen LogP contribution in [0.5, 0.6) is 0 Å². The Morgan fingerprint density at radius 3 is 2.83 bits per heavy atom. The van der Waals surface area contributed by atoms with Crippen molar-refractivity contribution in [2.75, 3.05) is 12.3 Å². The van der Waals surface area contributed by atoms with E-state index in [4.69, 9.17) is 10.5 Å². The third-order valence-corrected chi connectivity index (χ3v) is 3.43. The van der Waals surface area contributed by atoms with Crippen molar-refractivity contribution in [1.29, 1.82) is 0 Å². The zero-order valence-corrected chi connectivity index (χ0v) is 12.6. The third kappa shape index (κ3) is 3.63. The first-order valence-electron chi connectivity index (χ1n) is 7.35. The van der Waals surface area contributed by atoms with Gasteiger partial charge in [-0.1, -0.05) is 30.3 Å². The van der Waals surface area contributed by atoms with Crippen molar-refractivity contribution in [2.45, 2.75) is 19.4 Å². The second-order valence-electron chi connectivity index (χ2n) is 5.11. The summed E-state index contributed by atoms with van der Waals surface area (Å²) >= 11 is 0. The van der Waals surface area contributed by atoms with Gasteiger partial charge in [0, 0.05) is 6.54 Å². The van der Waals surface area contributed by atoms with E-state index in [1.807, 2.05) is 34.9 Å². The number of nitrogens with zero attached hydrogens (tertiary/aromatic N) is 4. The van der Waals surface area contributed by atoms with Crippen LogP contribution in [0.3, 0.4) is 0 Å². The molecule has 0 radical (unpaired) electrons. The van der Waals surface area contributed by atoms with Crippen LogP contribution in [-0.4, -0.2) is 32.1 Å². The minimum absolute atomic E-state index is 0.224. The van der Waals surface area contributed by atoms with Gasteiger partial charge in [-0.25, -0.2) is 15.0 Å². The van der Waals surface area contributed by atoms with E-state index >= 15 is 0 Å². The van der Waals surface area contributed by atoms with Gasteiger partial charge >= 0.3 is 5.97 Å². The van der Waals surface area contributed by atoms with E-state index in [2.05, 4.69) is 15.0 Å². The normalized spacial score (nSPS) is 10.8. The van der Waals surface area contributed by atoms with Crippen molar-refractivity contribution >= 4 is 23.0 Å². The molecule has 0 bridgehead atoms. The maximum Gasteiger partial charge on any atom is 0.310 e. The molecule has 0 saturated heterocycles. The fourth-order valence-corrected chi connectivity index (χ4v) is 2.30. The molecule has 1 aromatic carbocycles. The average molecular weight is 311 g/mol. The number of hydrogen-bond donors (Lipinski definition) is 1. The zero-order valence-electron chi connectivity index (χ0n) is 12.6. The predicted octanol–water partition coefficient (Wildman–Crippen LogP) is 1.58. The third-order valence-electron chi connectivity index (χ3n) is 3.43. The van der Waals surface area contributed by atoms with Gasteiger partial charge in [0.25, 0.3) is 0 Å². The second-order valence-corrected chi connectivity index (χ2v) is 5.11. The Morgan fingerprint density at radius 1 is 1.17 bits per heavy atom. The quantitative estimate of drug-likeness (QED) is 0.548. The highest BCUT2D eigenvalue weighted by atomic mass is 16.5. The molecule has 23 heavy (non-hydrogen) atoms. The SMILES string of the molecule is Nc1ncnc2c1ncn2CCCOC(=O)Cc1ccccc1. The van der Waals surface area contributed by atoms with Crippen LogP contribution >= 0.6 is 0 Å². The number of esters is 1. The lowest BCUT2D eigenvalue weighted by atomic mass is 10.2. The summed E-state index contributed by atoms with van der Waals surface area (Å²) in [5, 5.41) is 0. The molecule has 0 amide bonds. The molecule has 0 unspecified atom stereocenters. The van der Waals surface area contributed by atoms with Crippen molar-refractivity contribution in [3.05, 3.63) is 48.5 Å². The van der Waals surface area contributed by atoms with Crippen molar-refractivity contribution in [3.63, 3.8) is 0 Å². The van der Waals surface area contributed by atoms with Gasteiger partial charge in [-0.3, -0.25) is 4.79 Å². The van der Waals surface area contributed by atoms with Crippen LogP contribution in [0.25, 0.3) is 11.2 Å². The number of rotatable bonds is 6. The fourth-order valence-electron chi connectivity index (χ4n) is 2.30. The van der Waals surface area contributed by atoms with E-state index in [9.17, 15) is 4.79 Å². The summed E-state index contributed by atoms with van der Waals surface area (Å²) in [4.78, 5) is 24.0. The summed E-state index contributed by atoms with van der Waals surface area (Å²) in [6.45, 7) is 0.997. The van der Waals surface area contributed by atoms with Crippen LogP contribution in [0.15, 0.2) is 43.0 Å². The Balaban J connectivity index is 1.48. The number of aryl methyl sites for hydroxylation is 1. The van der Waals surface area contributed by atoms with Crippen LogP contribution in [-0.2, 0) is 22.5 Å². The van der Waals surface area contributed by atoms with E-state index < -0.39 is 0 Å². The minimum Gasteiger partial charge on any atom is -0.465 e. The molecule has 0 aliphatic rings. The molecule has 0 atom stereocenters. The number of nitrogen functional groups attached to an aromatic ring is 1. The van der Waals surface area contributed by atoms with E-state index in [1.165, 1.54) is 6.33 Å². The van der Waals surface area contributed by atoms with E-state index in [-0.39, 0.29) is 5.97 Å². The summed E-state index contributed by atoms with van der Waals surface area (Å²) in [5.41, 5.74) is 7.97. The number of anilines is 1. The average Bonchev–Trinajstić information content (AvgIpc) is 2.97. The summed E-state index contributed by atoms with van der Waals surface area (Å²) in [6, 6.07) is 9.53. The molecular weight excluding hydrogens is 294 g/mol. The summed E-state index contributed by atoms with van der Waals surface area (Å²) in [7, 11) is 0. The van der Waals surface area contributed by atoms with Gasteiger partial charge in [-0.15, -0.1) is 0 Å². The highest BCUT2D eigenvalue weighted by Crippen LogP contribution is 2.14. The predicted molar refractivity (Wildman–Crippen MR) is 85.5 cm³/mol. The van der Waals surface area contributed by atoms with Gasteiger partial charge in [-0.2, -0.15) is 0 Å². The molecule has 0 aliphatic carbocycles. The lowest BCUT2D eigenvalue weighted by Crippen LogP contribution is -2.10. The Labute approximate surface area is 133 Å². The molecule has 2 heterocycles. The number of nitrogens with two attached hydrogens (primary N) is 1. The van der Waals surface area contributed by atoms with E-state index in [0.717, 1.165) is 5.56 Å². The molecule has 2 aromatic heterocycles. The Bertz CT molecular complexity index is 801. The maximum absolute atomic E-state index is 11.8. The second kappa shape index (κ2) is 6.87. The maximum atomic E-state index is 11.8. The van der Waals surface area contributed by atoms with Crippen LogP contribution in [0.4, 0.5) is 5.82 Å². The molecule has 3 aromatic rings. The smallest absolute Gasteiger partial charge is 0.310 e. The van der Waals surface area contributed by atoms with Crippen LogP contribution in [0, 0.1) is 0 Å². The van der Waals surface area contributed by atoms with Gasteiger partial charge in [0.2, 0.25) is 0 Å². The fraction of sp³-hybridized carbons (Fsp3) is 0.250. The zero-order chi connectivity index (χ0) is 16.1. The van der Waals surface area contributed by atoms with Crippen LogP contribution < -0.4 is 5.73 Å². The van der Waals surface area contributed by atoms with Gasteiger partial charge in [-0.05, 0) is 12.0 Å². The largest absolute Gasteiger partial charge is 0.465 e. The number of carbonyl (C=O) groups is 1. The molecular formula is C16H17N5O2.